The van der Waals surface area contributed by atoms with E-state index in [1.165, 1.54) is 70.5 Å². The van der Waals surface area contributed by atoms with Crippen LogP contribution in [-0.4, -0.2) is 49.1 Å². The highest BCUT2D eigenvalue weighted by Crippen LogP contribution is 2.05. The van der Waals surface area contributed by atoms with Gasteiger partial charge in [-0.1, -0.05) is 26.3 Å². The van der Waals surface area contributed by atoms with Gasteiger partial charge in [-0.15, -0.1) is 6.58 Å². The van der Waals surface area contributed by atoms with Crippen LogP contribution in [0.15, 0.2) is 12.2 Å². The van der Waals surface area contributed by atoms with Gasteiger partial charge in [-0.05, 0) is 58.8 Å². The molecule has 0 rings (SSSR count). The predicted molar refractivity (Wildman–Crippen MR) is 83.2 cm³/mol. The molecule has 0 aliphatic carbocycles. The monoisotopic (exact) mass is 254 g/mol. The highest BCUT2D eigenvalue weighted by Gasteiger charge is 2.05. The van der Waals surface area contributed by atoms with Crippen LogP contribution in [0, 0.1) is 0 Å². The summed E-state index contributed by atoms with van der Waals surface area (Å²) in [7, 11) is 0. The second kappa shape index (κ2) is 11.7. The first-order valence-corrected chi connectivity index (χ1v) is 7.73. The third kappa shape index (κ3) is 9.67. The minimum atomic E-state index is 1.18. The Kier molecular flexibility index (Phi) is 11.5. The molecule has 0 aromatic rings. The molecule has 0 N–H and O–H groups in total. The minimum Gasteiger partial charge on any atom is -0.302 e. The first-order valence-electron chi connectivity index (χ1n) is 7.73. The van der Waals surface area contributed by atoms with Crippen LogP contribution in [0.5, 0.6) is 0 Å². The summed E-state index contributed by atoms with van der Waals surface area (Å²) >= 11 is 0. The molecule has 0 spiro atoms. The maximum Gasteiger partial charge on any atom is 0.0109 e. The smallest absolute Gasteiger partial charge is 0.0109 e. The van der Waals surface area contributed by atoms with Crippen molar-refractivity contribution in [1.29, 1.82) is 0 Å². The summed E-state index contributed by atoms with van der Waals surface area (Å²) < 4.78 is 0. The lowest BCUT2D eigenvalue weighted by Crippen LogP contribution is -2.36. The van der Waals surface area contributed by atoms with Crippen molar-refractivity contribution < 1.29 is 0 Å². The number of nitrogens with zero attached hydrogens (tertiary/aromatic N) is 2. The van der Waals surface area contributed by atoms with Gasteiger partial charge in [-0.2, -0.15) is 0 Å². The number of hydrogen-bond donors (Lipinski definition) is 0. The Morgan fingerprint density at radius 2 is 1.39 bits per heavy atom. The second-order valence-corrected chi connectivity index (χ2v) is 5.28. The fourth-order valence-electron chi connectivity index (χ4n) is 2.22. The molecule has 2 heteroatoms. The van der Waals surface area contributed by atoms with E-state index in [1.807, 2.05) is 0 Å². The zero-order chi connectivity index (χ0) is 13.8. The molecule has 0 aliphatic rings. The van der Waals surface area contributed by atoms with Crippen LogP contribution < -0.4 is 0 Å². The Morgan fingerprint density at radius 3 is 1.83 bits per heavy atom. The van der Waals surface area contributed by atoms with Crippen molar-refractivity contribution >= 4 is 0 Å². The lowest BCUT2D eigenvalue weighted by molar-refractivity contribution is 0.212. The van der Waals surface area contributed by atoms with E-state index in [0.29, 0.717) is 0 Å². The number of allylic oxidation sites excluding steroid dienone is 1. The fourth-order valence-corrected chi connectivity index (χ4v) is 2.22. The Hall–Kier alpha value is -0.340. The third-order valence-electron chi connectivity index (χ3n) is 3.49. The molecule has 0 atom stereocenters. The summed E-state index contributed by atoms with van der Waals surface area (Å²) in [6.45, 7) is 20.2. The van der Waals surface area contributed by atoms with Gasteiger partial charge >= 0.3 is 0 Å². The lowest BCUT2D eigenvalue weighted by Gasteiger charge is -2.25. The molecule has 0 saturated carbocycles. The zero-order valence-corrected chi connectivity index (χ0v) is 13.2. The van der Waals surface area contributed by atoms with Crippen molar-refractivity contribution in [2.45, 2.75) is 53.4 Å². The Bertz CT molecular complexity index is 201. The summed E-state index contributed by atoms with van der Waals surface area (Å²) in [5, 5.41) is 0. The largest absolute Gasteiger partial charge is 0.302 e. The molecule has 0 radical (unpaired) electrons. The number of hydrogen-bond acceptors (Lipinski definition) is 2. The summed E-state index contributed by atoms with van der Waals surface area (Å²) in [5.74, 6) is 0. The van der Waals surface area contributed by atoms with Gasteiger partial charge in [0, 0.05) is 13.1 Å². The van der Waals surface area contributed by atoms with Crippen LogP contribution in [0.3, 0.4) is 0 Å². The molecule has 0 saturated heterocycles. The van der Waals surface area contributed by atoms with Crippen molar-refractivity contribution in [3.05, 3.63) is 12.2 Å². The summed E-state index contributed by atoms with van der Waals surface area (Å²) in [5.41, 5.74) is 1.32. The topological polar surface area (TPSA) is 6.48 Å². The average Bonchev–Trinajstić information content (AvgIpc) is 2.36. The maximum absolute atomic E-state index is 3.96. The maximum atomic E-state index is 3.96. The highest BCUT2D eigenvalue weighted by atomic mass is 15.2. The minimum absolute atomic E-state index is 1.18. The zero-order valence-electron chi connectivity index (χ0n) is 13.2. The van der Waals surface area contributed by atoms with E-state index in [4.69, 9.17) is 0 Å². The van der Waals surface area contributed by atoms with Crippen LogP contribution in [0.2, 0.25) is 0 Å². The van der Waals surface area contributed by atoms with Gasteiger partial charge in [0.05, 0.1) is 0 Å². The molecule has 108 valence electrons. The molecule has 0 bridgehead atoms. The Morgan fingerprint density at radius 1 is 0.833 bits per heavy atom. The van der Waals surface area contributed by atoms with Gasteiger partial charge in [0.1, 0.15) is 0 Å². The van der Waals surface area contributed by atoms with Gasteiger partial charge in [-0.3, -0.25) is 0 Å². The number of likely N-dealkylation sites (N-methyl/N-ethyl adjacent to an activating group) is 2. The van der Waals surface area contributed by atoms with Crippen molar-refractivity contribution in [2.75, 3.05) is 39.3 Å². The van der Waals surface area contributed by atoms with E-state index < -0.39 is 0 Å². The van der Waals surface area contributed by atoms with E-state index in [2.05, 4.69) is 44.1 Å². The van der Waals surface area contributed by atoms with Crippen LogP contribution in [0.4, 0.5) is 0 Å². The third-order valence-corrected chi connectivity index (χ3v) is 3.49. The molecular weight excluding hydrogens is 220 g/mol. The first kappa shape index (κ1) is 17.7. The van der Waals surface area contributed by atoms with E-state index in [0.717, 1.165) is 0 Å². The molecule has 2 nitrogen and oxygen atoms in total. The van der Waals surface area contributed by atoms with Gasteiger partial charge in [0.2, 0.25) is 0 Å². The molecule has 0 heterocycles. The highest BCUT2D eigenvalue weighted by molar-refractivity contribution is 4.87. The molecule has 0 aliphatic heterocycles. The van der Waals surface area contributed by atoms with Crippen molar-refractivity contribution in [2.24, 2.45) is 0 Å². The quantitative estimate of drug-likeness (QED) is 0.386. The van der Waals surface area contributed by atoms with Gasteiger partial charge in [0.25, 0.3) is 0 Å². The lowest BCUT2D eigenvalue weighted by atomic mass is 10.1. The molecule has 0 aromatic heterocycles. The van der Waals surface area contributed by atoms with Crippen LogP contribution in [-0.2, 0) is 0 Å². The van der Waals surface area contributed by atoms with Gasteiger partial charge in [-0.25, -0.2) is 0 Å². The molecular formula is C16H34N2. The van der Waals surface area contributed by atoms with Crippen LogP contribution in [0.25, 0.3) is 0 Å². The summed E-state index contributed by atoms with van der Waals surface area (Å²) in [4.78, 5) is 5.13. The van der Waals surface area contributed by atoms with Crippen molar-refractivity contribution in [3.8, 4) is 0 Å². The molecule has 0 aromatic carbocycles. The van der Waals surface area contributed by atoms with Crippen LogP contribution in [0.1, 0.15) is 53.4 Å². The van der Waals surface area contributed by atoms with Crippen LogP contribution >= 0.6 is 0 Å². The van der Waals surface area contributed by atoms with E-state index >= 15 is 0 Å². The standard InChI is InChI=1S/C16H34N2/c1-6-12-17(7-2)14-15-18(8-3)13-10-9-11-16(4)5/h4,6-15H2,1-3,5H3. The SMILES string of the molecule is C=C(C)CCCCN(CC)CCN(CC)CCC. The number of rotatable bonds is 12. The first-order chi connectivity index (χ1) is 8.63. The normalized spacial score (nSPS) is 11.4. The average molecular weight is 254 g/mol. The molecule has 0 unspecified atom stereocenters. The van der Waals surface area contributed by atoms with E-state index in [1.54, 1.807) is 0 Å². The van der Waals surface area contributed by atoms with E-state index in [9.17, 15) is 0 Å². The second-order valence-electron chi connectivity index (χ2n) is 5.28. The summed E-state index contributed by atoms with van der Waals surface area (Å²) in [6.07, 6.45) is 5.05. The van der Waals surface area contributed by atoms with Crippen molar-refractivity contribution in [3.63, 3.8) is 0 Å². The van der Waals surface area contributed by atoms with E-state index in [-0.39, 0.29) is 0 Å². The Balaban J connectivity index is 3.71. The number of unbranched alkanes of at least 4 members (excludes halogenated alkanes) is 1. The molecule has 0 amide bonds. The Labute approximate surface area is 115 Å². The fraction of sp³-hybridized carbons (Fsp3) is 0.875. The van der Waals surface area contributed by atoms with Crippen molar-refractivity contribution in [1.82, 2.24) is 9.80 Å². The molecule has 0 fully saturated rings. The predicted octanol–water partition coefficient (Wildman–Crippen LogP) is 3.79. The van der Waals surface area contributed by atoms with Gasteiger partial charge < -0.3 is 9.80 Å². The summed E-state index contributed by atoms with van der Waals surface area (Å²) in [6, 6.07) is 0. The molecule has 18 heavy (non-hydrogen) atoms. The van der Waals surface area contributed by atoms with Gasteiger partial charge in [0.15, 0.2) is 0 Å².